The van der Waals surface area contributed by atoms with Crippen LogP contribution in [0.1, 0.15) is 17.4 Å². The van der Waals surface area contributed by atoms with Crippen molar-refractivity contribution in [2.45, 2.75) is 6.92 Å². The largest absolute Gasteiger partial charge is 0.293 e. The van der Waals surface area contributed by atoms with E-state index in [4.69, 9.17) is 11.6 Å². The van der Waals surface area contributed by atoms with Crippen LogP contribution in [-0.4, -0.2) is 20.5 Å². The third kappa shape index (κ3) is 2.05. The van der Waals surface area contributed by atoms with Crippen LogP contribution < -0.4 is 0 Å². The summed E-state index contributed by atoms with van der Waals surface area (Å²) >= 11 is 5.73. The maximum absolute atomic E-state index is 11.1. The fourth-order valence-electron chi connectivity index (χ4n) is 1.17. The minimum atomic E-state index is -0.0740. The minimum Gasteiger partial charge on any atom is -0.293 e. The molecule has 2 aromatic heterocycles. The highest BCUT2D eigenvalue weighted by Gasteiger charge is 2.04. The van der Waals surface area contributed by atoms with Gasteiger partial charge in [-0.2, -0.15) is 5.10 Å². The average Bonchev–Trinajstić information content (AvgIpc) is 2.65. The van der Waals surface area contributed by atoms with E-state index in [2.05, 4.69) is 10.1 Å². The second kappa shape index (κ2) is 3.82. The smallest absolute Gasteiger partial charge is 0.178 e. The fourth-order valence-corrected chi connectivity index (χ4v) is 1.31. The number of carbonyl (C=O) groups excluding carboxylic acids is 1. The maximum atomic E-state index is 11.1. The number of rotatable bonds is 2. The molecule has 0 fully saturated rings. The van der Waals surface area contributed by atoms with Gasteiger partial charge in [-0.05, 0) is 12.1 Å². The molecule has 0 unspecified atom stereocenters. The number of hydrogen-bond acceptors (Lipinski definition) is 3. The SMILES string of the molecule is CC(=O)c1cccc(-n2cc(Cl)cn2)n1. The van der Waals surface area contributed by atoms with Gasteiger partial charge in [-0.3, -0.25) is 4.79 Å². The van der Waals surface area contributed by atoms with Crippen molar-refractivity contribution in [3.8, 4) is 5.82 Å². The van der Waals surface area contributed by atoms with Crippen LogP contribution in [0.5, 0.6) is 0 Å². The Hall–Kier alpha value is -1.68. The number of carbonyl (C=O) groups is 1. The Bertz CT molecular complexity index is 507. The number of pyridine rings is 1. The average molecular weight is 222 g/mol. The van der Waals surface area contributed by atoms with E-state index in [1.165, 1.54) is 17.8 Å². The van der Waals surface area contributed by atoms with Crippen LogP contribution in [0.2, 0.25) is 5.02 Å². The van der Waals surface area contributed by atoms with Crippen LogP contribution in [0.25, 0.3) is 5.82 Å². The van der Waals surface area contributed by atoms with Gasteiger partial charge in [0.25, 0.3) is 0 Å². The fraction of sp³-hybridized carbons (Fsp3) is 0.100. The lowest BCUT2D eigenvalue weighted by Crippen LogP contribution is -2.03. The monoisotopic (exact) mass is 221 g/mol. The number of nitrogens with zero attached hydrogens (tertiary/aromatic N) is 3. The molecule has 15 heavy (non-hydrogen) atoms. The quantitative estimate of drug-likeness (QED) is 0.730. The third-order valence-corrected chi connectivity index (χ3v) is 2.08. The highest BCUT2D eigenvalue weighted by molar-refractivity contribution is 6.30. The Kier molecular flexibility index (Phi) is 2.51. The molecule has 0 aromatic carbocycles. The zero-order chi connectivity index (χ0) is 10.8. The lowest BCUT2D eigenvalue weighted by Gasteiger charge is -2.01. The van der Waals surface area contributed by atoms with E-state index < -0.39 is 0 Å². The lowest BCUT2D eigenvalue weighted by molar-refractivity contribution is 0.101. The van der Waals surface area contributed by atoms with Gasteiger partial charge in [-0.1, -0.05) is 17.7 Å². The molecule has 0 spiro atoms. The zero-order valence-electron chi connectivity index (χ0n) is 8.01. The van der Waals surface area contributed by atoms with E-state index in [9.17, 15) is 4.79 Å². The normalized spacial score (nSPS) is 10.3. The molecule has 2 heterocycles. The minimum absolute atomic E-state index is 0.0740. The number of halogens is 1. The Morgan fingerprint density at radius 1 is 1.47 bits per heavy atom. The van der Waals surface area contributed by atoms with E-state index in [0.29, 0.717) is 16.5 Å². The molecular formula is C10H8ClN3O. The highest BCUT2D eigenvalue weighted by atomic mass is 35.5. The standard InChI is InChI=1S/C10H8ClN3O/c1-7(15)9-3-2-4-10(13-9)14-6-8(11)5-12-14/h2-6H,1H3. The first-order chi connectivity index (χ1) is 7.16. The van der Waals surface area contributed by atoms with Crippen LogP contribution in [-0.2, 0) is 0 Å². The summed E-state index contributed by atoms with van der Waals surface area (Å²) in [5.41, 5.74) is 0.416. The number of ketones is 1. The van der Waals surface area contributed by atoms with Gasteiger partial charge in [0, 0.05) is 6.92 Å². The molecule has 0 aliphatic heterocycles. The van der Waals surface area contributed by atoms with E-state index in [-0.39, 0.29) is 5.78 Å². The van der Waals surface area contributed by atoms with Crippen molar-refractivity contribution < 1.29 is 4.79 Å². The highest BCUT2D eigenvalue weighted by Crippen LogP contribution is 2.10. The maximum Gasteiger partial charge on any atom is 0.178 e. The summed E-state index contributed by atoms with van der Waals surface area (Å²) in [6, 6.07) is 5.18. The van der Waals surface area contributed by atoms with Gasteiger partial charge in [-0.25, -0.2) is 9.67 Å². The van der Waals surface area contributed by atoms with Crippen molar-refractivity contribution in [3.05, 3.63) is 41.3 Å². The number of aromatic nitrogens is 3. The van der Waals surface area contributed by atoms with Crippen LogP contribution in [0.15, 0.2) is 30.6 Å². The molecule has 76 valence electrons. The van der Waals surface area contributed by atoms with Crippen molar-refractivity contribution >= 4 is 17.4 Å². The van der Waals surface area contributed by atoms with Crippen LogP contribution in [0.4, 0.5) is 0 Å². The predicted molar refractivity (Wildman–Crippen MR) is 56.4 cm³/mol. The first-order valence-electron chi connectivity index (χ1n) is 4.35. The van der Waals surface area contributed by atoms with E-state index in [1.807, 2.05) is 0 Å². The summed E-state index contributed by atoms with van der Waals surface area (Å²) in [6.45, 7) is 1.47. The van der Waals surface area contributed by atoms with Crippen molar-refractivity contribution in [1.82, 2.24) is 14.8 Å². The molecule has 5 heteroatoms. The molecule has 2 aromatic rings. The van der Waals surface area contributed by atoms with Gasteiger partial charge in [0.05, 0.1) is 17.4 Å². The summed E-state index contributed by atoms with van der Waals surface area (Å²) in [5.74, 6) is 0.504. The van der Waals surface area contributed by atoms with Gasteiger partial charge < -0.3 is 0 Å². The van der Waals surface area contributed by atoms with Gasteiger partial charge in [0.2, 0.25) is 0 Å². The van der Waals surface area contributed by atoms with E-state index in [0.717, 1.165) is 0 Å². The Balaban J connectivity index is 2.45. The second-order valence-electron chi connectivity index (χ2n) is 3.04. The number of Topliss-reactive ketones (excluding diaryl/α,β-unsaturated/α-hetero) is 1. The molecule has 0 aliphatic carbocycles. The third-order valence-electron chi connectivity index (χ3n) is 1.88. The van der Waals surface area contributed by atoms with Crippen molar-refractivity contribution in [1.29, 1.82) is 0 Å². The molecule has 0 saturated heterocycles. The molecule has 0 bridgehead atoms. The molecule has 0 radical (unpaired) electrons. The molecular weight excluding hydrogens is 214 g/mol. The van der Waals surface area contributed by atoms with E-state index >= 15 is 0 Å². The van der Waals surface area contributed by atoms with Gasteiger partial charge in [0.1, 0.15) is 5.69 Å². The molecule has 0 amide bonds. The molecule has 2 rings (SSSR count). The number of hydrogen-bond donors (Lipinski definition) is 0. The molecule has 0 saturated carbocycles. The predicted octanol–water partition coefficient (Wildman–Crippen LogP) is 2.12. The van der Waals surface area contributed by atoms with Gasteiger partial charge in [0.15, 0.2) is 11.6 Å². The Morgan fingerprint density at radius 3 is 2.87 bits per heavy atom. The first-order valence-corrected chi connectivity index (χ1v) is 4.73. The lowest BCUT2D eigenvalue weighted by atomic mass is 10.3. The topological polar surface area (TPSA) is 47.8 Å². The van der Waals surface area contributed by atoms with Crippen LogP contribution >= 0.6 is 11.6 Å². The van der Waals surface area contributed by atoms with Crippen LogP contribution in [0, 0.1) is 0 Å². The summed E-state index contributed by atoms with van der Waals surface area (Å²) in [5, 5.41) is 4.53. The van der Waals surface area contributed by atoms with Crippen molar-refractivity contribution in [2.75, 3.05) is 0 Å². The van der Waals surface area contributed by atoms with Gasteiger partial charge in [-0.15, -0.1) is 0 Å². The van der Waals surface area contributed by atoms with Crippen LogP contribution in [0.3, 0.4) is 0 Å². The molecule has 0 aliphatic rings. The van der Waals surface area contributed by atoms with Crippen molar-refractivity contribution in [2.24, 2.45) is 0 Å². The zero-order valence-corrected chi connectivity index (χ0v) is 8.77. The summed E-state index contributed by atoms with van der Waals surface area (Å²) in [7, 11) is 0. The summed E-state index contributed by atoms with van der Waals surface area (Å²) in [4.78, 5) is 15.3. The second-order valence-corrected chi connectivity index (χ2v) is 3.48. The molecule has 4 nitrogen and oxygen atoms in total. The molecule has 0 N–H and O–H groups in total. The molecule has 0 atom stereocenters. The van der Waals surface area contributed by atoms with Gasteiger partial charge >= 0.3 is 0 Å². The van der Waals surface area contributed by atoms with Crippen molar-refractivity contribution in [3.63, 3.8) is 0 Å². The summed E-state index contributed by atoms with van der Waals surface area (Å²) in [6.07, 6.45) is 3.15. The Morgan fingerprint density at radius 2 is 2.27 bits per heavy atom. The Labute approximate surface area is 91.5 Å². The summed E-state index contributed by atoms with van der Waals surface area (Å²) < 4.78 is 1.52. The first kappa shape index (κ1) is 9.86. The van der Waals surface area contributed by atoms with E-state index in [1.54, 1.807) is 24.4 Å².